The molecule has 0 aliphatic carbocycles. The molecule has 2 aromatic carbocycles. The molecular weight excluding hydrogens is 364 g/mol. The number of nitrogens with zero attached hydrogens (tertiary/aromatic N) is 1. The van der Waals surface area contributed by atoms with Gasteiger partial charge in [-0.05, 0) is 74.0 Å². The number of ether oxygens (including phenoxy) is 1. The summed E-state index contributed by atoms with van der Waals surface area (Å²) in [5.74, 6) is 0.497. The number of carbonyl (C=O) groups is 1. The van der Waals surface area contributed by atoms with Gasteiger partial charge in [0.1, 0.15) is 12.3 Å². The Hall–Kier alpha value is -3.08. The molecule has 3 aromatic rings. The molecule has 0 spiro atoms. The van der Waals surface area contributed by atoms with E-state index in [0.29, 0.717) is 5.39 Å². The summed E-state index contributed by atoms with van der Waals surface area (Å²) in [4.78, 5) is 25.1. The number of benzene rings is 2. The van der Waals surface area contributed by atoms with Crippen LogP contribution < -0.4 is 15.6 Å². The number of nitrogens with one attached hydrogen (secondary N) is 1. The summed E-state index contributed by atoms with van der Waals surface area (Å²) in [5, 5.41) is 4.23. The zero-order chi connectivity index (χ0) is 20.8. The number of amides is 1. The molecule has 3 rings (SSSR count). The van der Waals surface area contributed by atoms with E-state index < -0.39 is 0 Å². The van der Waals surface area contributed by atoms with Crippen molar-refractivity contribution < 1.29 is 9.53 Å². The van der Waals surface area contributed by atoms with Crippen molar-refractivity contribution in [2.75, 3.05) is 5.32 Å². The number of aryl methyl sites for hydroxylation is 1. The van der Waals surface area contributed by atoms with E-state index in [0.717, 1.165) is 36.1 Å². The summed E-state index contributed by atoms with van der Waals surface area (Å²) in [7, 11) is 0. The Labute approximate surface area is 171 Å². The Morgan fingerprint density at radius 3 is 2.55 bits per heavy atom. The Kier molecular flexibility index (Phi) is 6.70. The summed E-state index contributed by atoms with van der Waals surface area (Å²) in [6.45, 7) is 6.05. The fraction of sp³-hybridized carbons (Fsp3) is 0.333. The minimum absolute atomic E-state index is 0.0311. The molecule has 5 heteroatoms. The maximum absolute atomic E-state index is 12.7. The molecule has 0 bridgehead atoms. The van der Waals surface area contributed by atoms with E-state index >= 15 is 0 Å². The van der Waals surface area contributed by atoms with Crippen LogP contribution in [-0.2, 0) is 17.8 Å². The van der Waals surface area contributed by atoms with Crippen molar-refractivity contribution in [1.82, 2.24) is 4.57 Å². The molecule has 0 saturated heterocycles. The van der Waals surface area contributed by atoms with E-state index in [-0.39, 0.29) is 24.1 Å². The SMILES string of the molecule is CCCCc1ccc(NC(=O)Cn2ccc3cc(OC(C)C)ccc3c2=O)cc1. The molecule has 29 heavy (non-hydrogen) atoms. The van der Waals surface area contributed by atoms with Crippen LogP contribution in [0.4, 0.5) is 5.69 Å². The zero-order valence-corrected chi connectivity index (χ0v) is 17.3. The third-order valence-corrected chi connectivity index (χ3v) is 4.69. The number of aromatic nitrogens is 1. The number of anilines is 1. The summed E-state index contributed by atoms with van der Waals surface area (Å²) in [6.07, 6.45) is 5.07. The first kappa shape index (κ1) is 20.6. The molecule has 0 saturated carbocycles. The third kappa shape index (κ3) is 5.47. The van der Waals surface area contributed by atoms with Gasteiger partial charge in [-0.3, -0.25) is 9.59 Å². The first-order valence-corrected chi connectivity index (χ1v) is 10.1. The van der Waals surface area contributed by atoms with Crippen molar-refractivity contribution >= 4 is 22.4 Å². The van der Waals surface area contributed by atoms with Crippen molar-refractivity contribution in [3.05, 3.63) is 70.6 Å². The third-order valence-electron chi connectivity index (χ3n) is 4.69. The molecule has 0 aliphatic heterocycles. The normalized spacial score (nSPS) is 11.0. The van der Waals surface area contributed by atoms with Gasteiger partial charge in [0.15, 0.2) is 0 Å². The number of hydrogen-bond donors (Lipinski definition) is 1. The van der Waals surface area contributed by atoms with Gasteiger partial charge in [0.2, 0.25) is 5.91 Å². The summed E-state index contributed by atoms with van der Waals surface area (Å²) in [6, 6.07) is 15.1. The second-order valence-corrected chi connectivity index (χ2v) is 7.51. The van der Waals surface area contributed by atoms with Crippen molar-refractivity contribution in [2.45, 2.75) is 52.7 Å². The molecule has 1 aromatic heterocycles. The van der Waals surface area contributed by atoms with Gasteiger partial charge in [-0.25, -0.2) is 0 Å². The van der Waals surface area contributed by atoms with Gasteiger partial charge < -0.3 is 14.6 Å². The molecule has 0 aliphatic rings. The van der Waals surface area contributed by atoms with Crippen LogP contribution in [0.1, 0.15) is 39.2 Å². The van der Waals surface area contributed by atoms with Crippen LogP contribution in [0.5, 0.6) is 5.75 Å². The van der Waals surface area contributed by atoms with Crippen molar-refractivity contribution in [1.29, 1.82) is 0 Å². The zero-order valence-electron chi connectivity index (χ0n) is 17.3. The number of hydrogen-bond acceptors (Lipinski definition) is 3. The van der Waals surface area contributed by atoms with Crippen LogP contribution in [0.25, 0.3) is 10.8 Å². The van der Waals surface area contributed by atoms with Crippen molar-refractivity contribution in [3.8, 4) is 5.75 Å². The molecular formula is C24H28N2O3. The Morgan fingerprint density at radius 2 is 1.86 bits per heavy atom. The van der Waals surface area contributed by atoms with Gasteiger partial charge in [0.25, 0.3) is 5.56 Å². The van der Waals surface area contributed by atoms with Crippen LogP contribution in [-0.4, -0.2) is 16.6 Å². The molecule has 0 unspecified atom stereocenters. The van der Waals surface area contributed by atoms with E-state index in [1.807, 2.05) is 50.2 Å². The average Bonchev–Trinajstić information content (AvgIpc) is 2.69. The van der Waals surface area contributed by atoms with Gasteiger partial charge in [0, 0.05) is 17.3 Å². The van der Waals surface area contributed by atoms with Crippen LogP contribution in [0.2, 0.25) is 0 Å². The molecule has 0 radical (unpaired) electrons. The molecule has 0 fully saturated rings. The lowest BCUT2D eigenvalue weighted by atomic mass is 10.1. The fourth-order valence-electron chi connectivity index (χ4n) is 3.23. The molecule has 152 valence electrons. The Morgan fingerprint density at radius 1 is 1.10 bits per heavy atom. The maximum Gasteiger partial charge on any atom is 0.258 e. The molecule has 1 heterocycles. The lowest BCUT2D eigenvalue weighted by molar-refractivity contribution is -0.116. The predicted molar refractivity (Wildman–Crippen MR) is 118 cm³/mol. The highest BCUT2D eigenvalue weighted by Crippen LogP contribution is 2.19. The van der Waals surface area contributed by atoms with Gasteiger partial charge in [-0.2, -0.15) is 0 Å². The first-order valence-electron chi connectivity index (χ1n) is 10.1. The van der Waals surface area contributed by atoms with E-state index in [4.69, 9.17) is 4.74 Å². The lowest BCUT2D eigenvalue weighted by Gasteiger charge is -2.12. The summed E-state index contributed by atoms with van der Waals surface area (Å²) < 4.78 is 7.11. The van der Waals surface area contributed by atoms with E-state index in [2.05, 4.69) is 12.2 Å². The Balaban J connectivity index is 1.69. The highest BCUT2D eigenvalue weighted by atomic mass is 16.5. The van der Waals surface area contributed by atoms with Crippen molar-refractivity contribution in [2.24, 2.45) is 0 Å². The second kappa shape index (κ2) is 9.41. The smallest absolute Gasteiger partial charge is 0.258 e. The van der Waals surface area contributed by atoms with Gasteiger partial charge in [-0.15, -0.1) is 0 Å². The lowest BCUT2D eigenvalue weighted by Crippen LogP contribution is -2.27. The minimum atomic E-state index is -0.229. The standard InChI is InChI=1S/C24H28N2O3/c1-4-5-6-18-7-9-20(10-8-18)25-23(27)16-26-14-13-19-15-21(29-17(2)3)11-12-22(19)24(26)28/h7-15,17H,4-6,16H2,1-3H3,(H,25,27). The monoisotopic (exact) mass is 392 g/mol. The highest BCUT2D eigenvalue weighted by molar-refractivity contribution is 5.91. The number of carbonyl (C=O) groups excluding carboxylic acids is 1. The Bertz CT molecular complexity index is 1040. The quantitative estimate of drug-likeness (QED) is 0.601. The average molecular weight is 392 g/mol. The van der Waals surface area contributed by atoms with E-state index in [1.54, 1.807) is 18.3 Å². The molecule has 5 nitrogen and oxygen atoms in total. The minimum Gasteiger partial charge on any atom is -0.491 e. The molecule has 1 N–H and O–H groups in total. The van der Waals surface area contributed by atoms with Crippen LogP contribution in [0.3, 0.4) is 0 Å². The first-order chi connectivity index (χ1) is 14.0. The fourth-order valence-corrected chi connectivity index (χ4v) is 3.23. The number of rotatable bonds is 8. The van der Waals surface area contributed by atoms with E-state index in [9.17, 15) is 9.59 Å². The van der Waals surface area contributed by atoms with Crippen LogP contribution >= 0.6 is 0 Å². The number of unbranched alkanes of at least 4 members (excludes halogenated alkanes) is 1. The topological polar surface area (TPSA) is 60.3 Å². The van der Waals surface area contributed by atoms with Crippen LogP contribution in [0.15, 0.2) is 59.5 Å². The maximum atomic E-state index is 12.7. The predicted octanol–water partition coefficient (Wildman–Crippen LogP) is 4.77. The summed E-state index contributed by atoms with van der Waals surface area (Å²) in [5.41, 5.74) is 1.81. The molecule has 0 atom stereocenters. The van der Waals surface area contributed by atoms with Gasteiger partial charge in [-0.1, -0.05) is 25.5 Å². The van der Waals surface area contributed by atoms with E-state index in [1.165, 1.54) is 10.1 Å². The summed E-state index contributed by atoms with van der Waals surface area (Å²) >= 11 is 0. The van der Waals surface area contributed by atoms with Crippen molar-refractivity contribution in [3.63, 3.8) is 0 Å². The molecule has 1 amide bonds. The highest BCUT2D eigenvalue weighted by Gasteiger charge is 2.09. The number of pyridine rings is 1. The number of fused-ring (bicyclic) bond motifs is 1. The second-order valence-electron chi connectivity index (χ2n) is 7.51. The van der Waals surface area contributed by atoms with Crippen LogP contribution in [0, 0.1) is 0 Å². The van der Waals surface area contributed by atoms with Gasteiger partial charge in [0.05, 0.1) is 6.10 Å². The largest absolute Gasteiger partial charge is 0.491 e. The van der Waals surface area contributed by atoms with Gasteiger partial charge >= 0.3 is 0 Å².